The van der Waals surface area contributed by atoms with Crippen molar-refractivity contribution < 1.29 is 4.74 Å². The van der Waals surface area contributed by atoms with E-state index in [0.717, 1.165) is 40.3 Å². The first-order chi connectivity index (χ1) is 12.8. The average Bonchev–Trinajstić information content (AvgIpc) is 2.70. The van der Waals surface area contributed by atoms with Crippen LogP contribution in [0.25, 0.3) is 5.70 Å². The summed E-state index contributed by atoms with van der Waals surface area (Å²) in [5.41, 5.74) is 9.44. The molecule has 0 bridgehead atoms. The summed E-state index contributed by atoms with van der Waals surface area (Å²) in [6, 6.07) is 26.6. The van der Waals surface area contributed by atoms with E-state index in [1.807, 2.05) is 42.5 Å². The summed E-state index contributed by atoms with van der Waals surface area (Å²) in [6.45, 7) is 4.59. The topological polar surface area (TPSA) is 33.6 Å². The van der Waals surface area contributed by atoms with Crippen molar-refractivity contribution in [2.45, 2.75) is 13.0 Å². The maximum absolute atomic E-state index is 5.94. The van der Waals surface area contributed by atoms with Gasteiger partial charge in [-0.25, -0.2) is 0 Å². The molecule has 0 atom stereocenters. The molecule has 26 heavy (non-hydrogen) atoms. The van der Waals surface area contributed by atoms with Crippen LogP contribution in [0.1, 0.15) is 22.3 Å². The second-order valence-electron chi connectivity index (χ2n) is 6.29. The van der Waals surface area contributed by atoms with Gasteiger partial charge in [0.15, 0.2) is 0 Å². The van der Waals surface area contributed by atoms with Crippen molar-refractivity contribution in [2.75, 3.05) is 0 Å². The molecular formula is C23H20N2O. The molecule has 3 aromatic rings. The van der Waals surface area contributed by atoms with E-state index < -0.39 is 0 Å². The molecule has 0 spiro atoms. The monoisotopic (exact) mass is 340 g/mol. The molecule has 1 heterocycles. The lowest BCUT2D eigenvalue weighted by Crippen LogP contribution is -2.20. The Hall–Kier alpha value is -3.33. The Balaban J connectivity index is 1.50. The zero-order chi connectivity index (χ0) is 17.8. The molecule has 0 fully saturated rings. The number of hydrazone groups is 1. The second-order valence-corrected chi connectivity index (χ2v) is 6.29. The molecule has 3 nitrogen and oxygen atoms in total. The van der Waals surface area contributed by atoms with E-state index >= 15 is 0 Å². The quantitative estimate of drug-likeness (QED) is 0.725. The summed E-state index contributed by atoms with van der Waals surface area (Å²) >= 11 is 0. The summed E-state index contributed by atoms with van der Waals surface area (Å²) in [7, 11) is 0. The molecule has 3 heteroatoms. The highest BCUT2D eigenvalue weighted by Gasteiger charge is 2.16. The van der Waals surface area contributed by atoms with Gasteiger partial charge in [-0.05, 0) is 23.3 Å². The van der Waals surface area contributed by atoms with E-state index in [4.69, 9.17) is 4.74 Å². The standard InChI is InChI=1S/C23H20N2O/c1-17-21-12-5-6-13-22(21)23(25-24-17)15-19-10-7-11-20(14-19)26-16-18-8-3-2-4-9-18/h2-14,24H,1,15-16H2. The number of hydrogen-bond donors (Lipinski definition) is 1. The minimum absolute atomic E-state index is 0.565. The summed E-state index contributed by atoms with van der Waals surface area (Å²) in [4.78, 5) is 0. The van der Waals surface area contributed by atoms with E-state index in [0.29, 0.717) is 6.61 Å². The van der Waals surface area contributed by atoms with E-state index in [1.54, 1.807) is 0 Å². The fraction of sp³-hybridized carbons (Fsp3) is 0.0870. The lowest BCUT2D eigenvalue weighted by Gasteiger charge is -2.19. The number of nitrogens with one attached hydrogen (secondary N) is 1. The van der Waals surface area contributed by atoms with Crippen LogP contribution in [0.4, 0.5) is 0 Å². The number of nitrogens with zero attached hydrogens (tertiary/aromatic N) is 1. The fourth-order valence-electron chi connectivity index (χ4n) is 3.07. The van der Waals surface area contributed by atoms with Gasteiger partial charge >= 0.3 is 0 Å². The van der Waals surface area contributed by atoms with Gasteiger partial charge < -0.3 is 4.74 Å². The van der Waals surface area contributed by atoms with Crippen molar-refractivity contribution in [3.8, 4) is 5.75 Å². The third-order valence-electron chi connectivity index (χ3n) is 4.41. The predicted octanol–water partition coefficient (Wildman–Crippen LogP) is 4.79. The summed E-state index contributed by atoms with van der Waals surface area (Å²) < 4.78 is 5.94. The Bertz CT molecular complexity index is 961. The van der Waals surface area contributed by atoms with Crippen LogP contribution in [0.3, 0.4) is 0 Å². The van der Waals surface area contributed by atoms with Gasteiger partial charge in [0.2, 0.25) is 0 Å². The van der Waals surface area contributed by atoms with Crippen molar-refractivity contribution in [1.29, 1.82) is 0 Å². The molecular weight excluding hydrogens is 320 g/mol. The van der Waals surface area contributed by atoms with Gasteiger partial charge in [0.1, 0.15) is 12.4 Å². The summed E-state index contributed by atoms with van der Waals surface area (Å²) in [5, 5.41) is 4.50. The Morgan fingerprint density at radius 2 is 1.54 bits per heavy atom. The molecule has 0 amide bonds. The first kappa shape index (κ1) is 16.2. The number of rotatable bonds is 5. The number of hydrogen-bond acceptors (Lipinski definition) is 3. The predicted molar refractivity (Wildman–Crippen MR) is 106 cm³/mol. The van der Waals surface area contributed by atoms with Crippen molar-refractivity contribution >= 4 is 11.4 Å². The first-order valence-electron chi connectivity index (χ1n) is 8.66. The molecule has 0 unspecified atom stereocenters. The van der Waals surface area contributed by atoms with Gasteiger partial charge in [-0.1, -0.05) is 73.3 Å². The van der Waals surface area contributed by atoms with Gasteiger partial charge in [0, 0.05) is 17.5 Å². The normalized spacial score (nSPS) is 12.8. The van der Waals surface area contributed by atoms with E-state index in [1.165, 1.54) is 5.56 Å². The molecule has 1 N–H and O–H groups in total. The van der Waals surface area contributed by atoms with Crippen LogP contribution in [0.2, 0.25) is 0 Å². The van der Waals surface area contributed by atoms with Gasteiger partial charge in [-0.2, -0.15) is 5.10 Å². The Kier molecular flexibility index (Phi) is 4.52. The van der Waals surface area contributed by atoms with Crippen LogP contribution in [-0.2, 0) is 13.0 Å². The van der Waals surface area contributed by atoms with Crippen molar-refractivity contribution in [3.05, 3.63) is 108 Å². The average molecular weight is 340 g/mol. The van der Waals surface area contributed by atoms with Gasteiger partial charge in [0.25, 0.3) is 0 Å². The Morgan fingerprint density at radius 3 is 2.38 bits per heavy atom. The first-order valence-corrected chi connectivity index (χ1v) is 8.66. The number of fused-ring (bicyclic) bond motifs is 1. The van der Waals surface area contributed by atoms with Gasteiger partial charge in [0.05, 0.1) is 11.4 Å². The lowest BCUT2D eigenvalue weighted by atomic mass is 9.95. The second kappa shape index (κ2) is 7.28. The molecule has 0 aromatic heterocycles. The highest BCUT2D eigenvalue weighted by Crippen LogP contribution is 2.23. The van der Waals surface area contributed by atoms with E-state index in [-0.39, 0.29) is 0 Å². The maximum Gasteiger partial charge on any atom is 0.120 e. The highest BCUT2D eigenvalue weighted by atomic mass is 16.5. The largest absolute Gasteiger partial charge is 0.489 e. The van der Waals surface area contributed by atoms with E-state index in [2.05, 4.69) is 53.5 Å². The molecule has 0 saturated heterocycles. The molecule has 4 rings (SSSR count). The minimum Gasteiger partial charge on any atom is -0.489 e. The van der Waals surface area contributed by atoms with Gasteiger partial charge in [-0.3, -0.25) is 5.43 Å². The van der Waals surface area contributed by atoms with Crippen molar-refractivity contribution in [3.63, 3.8) is 0 Å². The third-order valence-corrected chi connectivity index (χ3v) is 4.41. The SMILES string of the molecule is C=C1NN=C(Cc2cccc(OCc3ccccc3)c2)c2ccccc21. The number of benzene rings is 3. The molecule has 0 saturated carbocycles. The zero-order valence-corrected chi connectivity index (χ0v) is 14.5. The zero-order valence-electron chi connectivity index (χ0n) is 14.5. The maximum atomic E-state index is 5.94. The Labute approximate surface area is 153 Å². The van der Waals surface area contributed by atoms with E-state index in [9.17, 15) is 0 Å². The molecule has 128 valence electrons. The van der Waals surface area contributed by atoms with Crippen molar-refractivity contribution in [1.82, 2.24) is 5.43 Å². The number of ether oxygens (including phenoxy) is 1. The minimum atomic E-state index is 0.565. The van der Waals surface area contributed by atoms with Crippen LogP contribution in [0, 0.1) is 0 Å². The lowest BCUT2D eigenvalue weighted by molar-refractivity contribution is 0.306. The molecule has 0 radical (unpaired) electrons. The van der Waals surface area contributed by atoms with Crippen LogP contribution in [0.15, 0.2) is 90.5 Å². The summed E-state index contributed by atoms with van der Waals surface area (Å²) in [5.74, 6) is 0.869. The van der Waals surface area contributed by atoms with Crippen LogP contribution in [-0.4, -0.2) is 5.71 Å². The molecule has 1 aliphatic rings. The van der Waals surface area contributed by atoms with Crippen LogP contribution in [0.5, 0.6) is 5.75 Å². The Morgan fingerprint density at radius 1 is 0.808 bits per heavy atom. The van der Waals surface area contributed by atoms with Crippen molar-refractivity contribution in [2.24, 2.45) is 5.10 Å². The van der Waals surface area contributed by atoms with Gasteiger partial charge in [-0.15, -0.1) is 0 Å². The summed E-state index contributed by atoms with van der Waals surface area (Å²) in [6.07, 6.45) is 0.736. The fourth-order valence-corrected chi connectivity index (χ4v) is 3.07. The third kappa shape index (κ3) is 3.52. The molecule has 0 aliphatic carbocycles. The highest BCUT2D eigenvalue weighted by molar-refractivity contribution is 6.06. The molecule has 3 aromatic carbocycles. The smallest absolute Gasteiger partial charge is 0.120 e. The van der Waals surface area contributed by atoms with Crippen LogP contribution < -0.4 is 10.2 Å². The molecule has 1 aliphatic heterocycles. The van der Waals surface area contributed by atoms with Crippen LogP contribution >= 0.6 is 0 Å².